The van der Waals surface area contributed by atoms with Crippen molar-refractivity contribution in [2.24, 2.45) is 0 Å². The number of carbonyl (C=O) groups excluding carboxylic acids is 1. The fraction of sp³-hybridized carbons (Fsp3) is 0.267. The molecule has 0 radical (unpaired) electrons. The third kappa shape index (κ3) is 4.35. The molecule has 12 heteroatoms. The van der Waals surface area contributed by atoms with E-state index in [0.29, 0.717) is 31.3 Å². The van der Waals surface area contributed by atoms with Crippen molar-refractivity contribution in [3.05, 3.63) is 50.2 Å². The van der Waals surface area contributed by atoms with Crippen LogP contribution in [0.4, 0.5) is 17.3 Å². The average Bonchev–Trinajstić information content (AvgIpc) is 2.66. The summed E-state index contributed by atoms with van der Waals surface area (Å²) in [7, 11) is 0. The summed E-state index contributed by atoms with van der Waals surface area (Å²) in [4.78, 5) is 32.9. The molecule has 0 saturated carbocycles. The lowest BCUT2D eigenvalue weighted by atomic mass is 10.2. The lowest BCUT2D eigenvalue weighted by molar-refractivity contribution is -0.383. The minimum atomic E-state index is -0.603. The molecule has 0 aliphatic carbocycles. The number of hydrazine groups is 1. The fourth-order valence-corrected chi connectivity index (χ4v) is 2.99. The van der Waals surface area contributed by atoms with Gasteiger partial charge in [0.25, 0.3) is 5.91 Å². The van der Waals surface area contributed by atoms with Gasteiger partial charge in [-0.25, -0.2) is 9.97 Å². The van der Waals surface area contributed by atoms with Crippen LogP contribution >= 0.6 is 23.2 Å². The van der Waals surface area contributed by atoms with E-state index in [2.05, 4.69) is 20.8 Å². The summed E-state index contributed by atoms with van der Waals surface area (Å²) in [6.45, 7) is 1.81. The molecule has 0 bridgehead atoms. The lowest BCUT2D eigenvalue weighted by Crippen LogP contribution is -2.37. The van der Waals surface area contributed by atoms with E-state index in [1.807, 2.05) is 0 Å². The van der Waals surface area contributed by atoms with E-state index in [-0.39, 0.29) is 27.9 Å². The Bertz CT molecular complexity index is 875. The van der Waals surface area contributed by atoms with E-state index >= 15 is 0 Å². The molecule has 2 heterocycles. The van der Waals surface area contributed by atoms with E-state index in [4.69, 9.17) is 27.9 Å². The highest BCUT2D eigenvalue weighted by Gasteiger charge is 2.28. The van der Waals surface area contributed by atoms with Crippen LogP contribution in [0.15, 0.2) is 24.5 Å². The third-order valence-electron chi connectivity index (χ3n) is 3.77. The predicted molar refractivity (Wildman–Crippen MR) is 99.3 cm³/mol. The molecule has 0 atom stereocenters. The van der Waals surface area contributed by atoms with Gasteiger partial charge in [-0.2, -0.15) is 0 Å². The van der Waals surface area contributed by atoms with Crippen molar-refractivity contribution in [3.63, 3.8) is 0 Å². The second kappa shape index (κ2) is 8.33. The summed E-state index contributed by atoms with van der Waals surface area (Å²) in [5.74, 6) is -0.591. The van der Waals surface area contributed by atoms with E-state index in [9.17, 15) is 14.9 Å². The van der Waals surface area contributed by atoms with E-state index in [1.54, 1.807) is 4.90 Å². The highest BCUT2D eigenvalue weighted by Crippen LogP contribution is 2.31. The van der Waals surface area contributed by atoms with Crippen molar-refractivity contribution in [3.8, 4) is 0 Å². The van der Waals surface area contributed by atoms with Gasteiger partial charge < -0.3 is 9.64 Å². The van der Waals surface area contributed by atoms with Gasteiger partial charge in [0, 0.05) is 18.1 Å². The van der Waals surface area contributed by atoms with Gasteiger partial charge in [0.15, 0.2) is 0 Å². The van der Waals surface area contributed by atoms with Gasteiger partial charge in [0.05, 0.1) is 28.7 Å². The molecule has 1 aromatic carbocycles. The number of ether oxygens (including phenoxy) is 1. The van der Waals surface area contributed by atoms with Crippen LogP contribution in [0, 0.1) is 10.1 Å². The molecule has 1 aliphatic heterocycles. The number of anilines is 2. The first-order valence-corrected chi connectivity index (χ1v) is 8.56. The lowest BCUT2D eigenvalue weighted by Gasteiger charge is -2.27. The van der Waals surface area contributed by atoms with Crippen molar-refractivity contribution >= 4 is 46.4 Å². The summed E-state index contributed by atoms with van der Waals surface area (Å²) < 4.78 is 5.25. The first-order chi connectivity index (χ1) is 13.0. The SMILES string of the molecule is O=C(NNc1ncnc(N2CCOCC2)c1[N+](=O)[O-])c1ccc(Cl)cc1Cl. The number of amides is 1. The quantitative estimate of drug-likeness (QED) is 0.566. The van der Waals surface area contributed by atoms with Crippen molar-refractivity contribution < 1.29 is 14.5 Å². The third-order valence-corrected chi connectivity index (χ3v) is 4.31. The summed E-state index contributed by atoms with van der Waals surface area (Å²) >= 11 is 11.8. The van der Waals surface area contributed by atoms with Crippen molar-refractivity contribution in [1.29, 1.82) is 0 Å². The predicted octanol–water partition coefficient (Wildman–Crippen LogP) is 2.29. The van der Waals surface area contributed by atoms with Crippen LogP contribution in [0.3, 0.4) is 0 Å². The number of benzene rings is 1. The molecule has 10 nitrogen and oxygen atoms in total. The largest absolute Gasteiger partial charge is 0.378 e. The number of hydrogen-bond acceptors (Lipinski definition) is 8. The number of carbonyl (C=O) groups is 1. The van der Waals surface area contributed by atoms with Crippen molar-refractivity contribution in [2.45, 2.75) is 0 Å². The van der Waals surface area contributed by atoms with Crippen molar-refractivity contribution in [2.75, 3.05) is 36.6 Å². The summed E-state index contributed by atoms with van der Waals surface area (Å²) in [5, 5.41) is 12.1. The molecule has 1 aliphatic rings. The van der Waals surface area contributed by atoms with E-state index in [0.717, 1.165) is 0 Å². The first kappa shape index (κ1) is 19.1. The van der Waals surface area contributed by atoms with Gasteiger partial charge in [-0.3, -0.25) is 25.8 Å². The molecule has 0 spiro atoms. The smallest absolute Gasteiger partial charge is 0.355 e. The number of hydrogen-bond donors (Lipinski definition) is 2. The minimum absolute atomic E-state index is 0.144. The maximum absolute atomic E-state index is 12.3. The zero-order chi connectivity index (χ0) is 19.4. The Hall–Kier alpha value is -2.69. The second-order valence-corrected chi connectivity index (χ2v) is 6.30. The second-order valence-electron chi connectivity index (χ2n) is 5.45. The van der Waals surface area contributed by atoms with Crippen LogP contribution in [0.2, 0.25) is 10.0 Å². The molecule has 1 aromatic heterocycles. The molecule has 2 N–H and O–H groups in total. The Labute approximate surface area is 163 Å². The standard InChI is InChI=1S/C15H14Cl2N6O4/c16-9-1-2-10(11(17)7-9)15(24)21-20-13-12(23(25)26)14(19-8-18-13)22-3-5-27-6-4-22/h1-2,7-8H,3-6H2,(H,21,24)(H,18,19,20). The number of nitrogens with zero attached hydrogens (tertiary/aromatic N) is 4. The Balaban J connectivity index is 1.82. The number of nitrogens with one attached hydrogen (secondary N) is 2. The van der Waals surface area contributed by atoms with Crippen LogP contribution in [0.1, 0.15) is 10.4 Å². The molecule has 142 valence electrons. The van der Waals surface area contributed by atoms with Crippen molar-refractivity contribution in [1.82, 2.24) is 15.4 Å². The molecule has 0 unspecified atom stereocenters. The molecular formula is C15H14Cl2N6O4. The molecule has 2 aromatic rings. The zero-order valence-corrected chi connectivity index (χ0v) is 15.3. The van der Waals surface area contributed by atoms with Crippen LogP contribution in [-0.4, -0.2) is 47.1 Å². The van der Waals surface area contributed by atoms with Gasteiger partial charge in [-0.15, -0.1) is 0 Å². The molecule has 3 rings (SSSR count). The summed E-state index contributed by atoms with van der Waals surface area (Å²) in [5.41, 5.74) is 4.62. The number of halogens is 2. The van der Waals surface area contributed by atoms with Gasteiger partial charge in [-0.05, 0) is 18.2 Å². The maximum atomic E-state index is 12.3. The molecular weight excluding hydrogens is 399 g/mol. The van der Waals surface area contributed by atoms with Crippen LogP contribution in [0.25, 0.3) is 0 Å². The topological polar surface area (TPSA) is 123 Å². The number of morpholine rings is 1. The molecule has 1 fully saturated rings. The van der Waals surface area contributed by atoms with Crippen LogP contribution in [-0.2, 0) is 4.74 Å². The number of rotatable bonds is 5. The molecule has 27 heavy (non-hydrogen) atoms. The van der Waals surface area contributed by atoms with Crippen LogP contribution < -0.4 is 15.8 Å². The summed E-state index contributed by atoms with van der Waals surface area (Å²) in [6.07, 6.45) is 1.18. The highest BCUT2D eigenvalue weighted by molar-refractivity contribution is 6.36. The minimum Gasteiger partial charge on any atom is -0.378 e. The van der Waals surface area contributed by atoms with Gasteiger partial charge >= 0.3 is 5.69 Å². The average molecular weight is 413 g/mol. The van der Waals surface area contributed by atoms with Gasteiger partial charge in [0.2, 0.25) is 11.6 Å². The first-order valence-electron chi connectivity index (χ1n) is 7.81. The summed E-state index contributed by atoms with van der Waals surface area (Å²) in [6, 6.07) is 4.36. The van der Waals surface area contributed by atoms with Crippen LogP contribution in [0.5, 0.6) is 0 Å². The van der Waals surface area contributed by atoms with Gasteiger partial charge in [0.1, 0.15) is 6.33 Å². The Kier molecular flexibility index (Phi) is 5.89. The fourth-order valence-electron chi connectivity index (χ4n) is 2.49. The normalized spacial score (nSPS) is 13.9. The van der Waals surface area contributed by atoms with Gasteiger partial charge in [-0.1, -0.05) is 23.2 Å². The molecule has 1 saturated heterocycles. The van der Waals surface area contributed by atoms with E-state index in [1.165, 1.54) is 24.5 Å². The van der Waals surface area contributed by atoms with E-state index < -0.39 is 10.8 Å². The monoisotopic (exact) mass is 412 g/mol. The Morgan fingerprint density at radius 1 is 1.26 bits per heavy atom. The highest BCUT2D eigenvalue weighted by atomic mass is 35.5. The Morgan fingerprint density at radius 2 is 2.00 bits per heavy atom. The number of nitro groups is 1. The number of aromatic nitrogens is 2. The maximum Gasteiger partial charge on any atom is 0.355 e. The molecule has 1 amide bonds. The zero-order valence-electron chi connectivity index (χ0n) is 13.8. The Morgan fingerprint density at radius 3 is 2.67 bits per heavy atom.